The Labute approximate surface area is 117 Å². The second kappa shape index (κ2) is 10.9. The maximum absolute atomic E-state index is 2.45. The summed E-state index contributed by atoms with van der Waals surface area (Å²) in [6, 6.07) is 0. The van der Waals surface area contributed by atoms with Gasteiger partial charge >= 0.3 is 0 Å². The SMILES string of the molecule is CCCCCC(C)CCC(C)CCC(C)C(C)C. The molecule has 0 saturated carbocycles. The van der Waals surface area contributed by atoms with E-state index in [2.05, 4.69) is 41.5 Å². The van der Waals surface area contributed by atoms with E-state index in [-0.39, 0.29) is 0 Å². The molecule has 0 aliphatic rings. The normalized spacial score (nSPS) is 16.8. The van der Waals surface area contributed by atoms with Gasteiger partial charge in [0.2, 0.25) is 0 Å². The van der Waals surface area contributed by atoms with E-state index in [0.717, 1.165) is 23.7 Å². The first-order chi connectivity index (χ1) is 8.47. The Morgan fingerprint density at radius 2 is 1.11 bits per heavy atom. The standard InChI is InChI=1S/C18H38/c1-7-8-9-10-16(4)11-12-17(5)13-14-18(6)15(2)3/h15-18H,7-14H2,1-6H3. The van der Waals surface area contributed by atoms with Crippen LogP contribution in [0.25, 0.3) is 0 Å². The average molecular weight is 255 g/mol. The van der Waals surface area contributed by atoms with Gasteiger partial charge in [0.05, 0.1) is 0 Å². The minimum absolute atomic E-state index is 0.852. The summed E-state index contributed by atoms with van der Waals surface area (Å²) < 4.78 is 0. The van der Waals surface area contributed by atoms with E-state index < -0.39 is 0 Å². The maximum Gasteiger partial charge on any atom is -0.0420 e. The summed E-state index contributed by atoms with van der Waals surface area (Å²) in [5.41, 5.74) is 0. The van der Waals surface area contributed by atoms with E-state index in [1.165, 1.54) is 51.4 Å². The molecule has 0 heterocycles. The van der Waals surface area contributed by atoms with E-state index in [1.807, 2.05) is 0 Å². The molecule has 3 unspecified atom stereocenters. The fourth-order valence-corrected chi connectivity index (χ4v) is 2.48. The summed E-state index contributed by atoms with van der Waals surface area (Å²) in [5.74, 6) is 3.63. The molecule has 0 aromatic rings. The Bertz CT molecular complexity index is 171. The molecule has 0 nitrogen and oxygen atoms in total. The molecule has 0 radical (unpaired) electrons. The Hall–Kier alpha value is 0. The van der Waals surface area contributed by atoms with Crippen LogP contribution < -0.4 is 0 Å². The topological polar surface area (TPSA) is 0 Å². The molecule has 0 aromatic carbocycles. The molecule has 0 aromatic heterocycles. The van der Waals surface area contributed by atoms with Crippen molar-refractivity contribution in [3.05, 3.63) is 0 Å². The van der Waals surface area contributed by atoms with Crippen molar-refractivity contribution in [3.8, 4) is 0 Å². The fourth-order valence-electron chi connectivity index (χ4n) is 2.48. The van der Waals surface area contributed by atoms with Gasteiger partial charge < -0.3 is 0 Å². The highest BCUT2D eigenvalue weighted by molar-refractivity contribution is 4.63. The number of rotatable bonds is 11. The molecule has 0 saturated heterocycles. The van der Waals surface area contributed by atoms with Gasteiger partial charge in [-0.05, 0) is 23.7 Å². The van der Waals surface area contributed by atoms with Gasteiger partial charge in [0.1, 0.15) is 0 Å². The van der Waals surface area contributed by atoms with Crippen LogP contribution in [0.2, 0.25) is 0 Å². The molecule has 18 heavy (non-hydrogen) atoms. The van der Waals surface area contributed by atoms with Gasteiger partial charge in [0.25, 0.3) is 0 Å². The molecule has 0 amide bonds. The van der Waals surface area contributed by atoms with Crippen molar-refractivity contribution in [2.24, 2.45) is 23.7 Å². The predicted octanol–water partition coefficient (Wildman–Crippen LogP) is 6.69. The largest absolute Gasteiger partial charge is 0.0654 e. The second-order valence-corrected chi connectivity index (χ2v) is 7.08. The molecule has 0 aliphatic carbocycles. The third-order valence-corrected chi connectivity index (χ3v) is 4.71. The lowest BCUT2D eigenvalue weighted by molar-refractivity contribution is 0.326. The van der Waals surface area contributed by atoms with Crippen molar-refractivity contribution in [2.45, 2.75) is 92.9 Å². The second-order valence-electron chi connectivity index (χ2n) is 7.08. The first kappa shape index (κ1) is 18.0. The van der Waals surface area contributed by atoms with Gasteiger partial charge in [0, 0.05) is 0 Å². The third-order valence-electron chi connectivity index (χ3n) is 4.71. The van der Waals surface area contributed by atoms with Crippen molar-refractivity contribution >= 4 is 0 Å². The fraction of sp³-hybridized carbons (Fsp3) is 1.00. The van der Waals surface area contributed by atoms with E-state index in [4.69, 9.17) is 0 Å². The van der Waals surface area contributed by atoms with Crippen LogP contribution in [0.3, 0.4) is 0 Å². The van der Waals surface area contributed by atoms with E-state index in [1.54, 1.807) is 0 Å². The van der Waals surface area contributed by atoms with Crippen molar-refractivity contribution in [1.82, 2.24) is 0 Å². The van der Waals surface area contributed by atoms with Gasteiger partial charge in [-0.2, -0.15) is 0 Å². The first-order valence-electron chi connectivity index (χ1n) is 8.47. The Balaban J connectivity index is 3.54. The number of unbranched alkanes of at least 4 members (excludes halogenated alkanes) is 2. The summed E-state index contributed by atoms with van der Waals surface area (Å²) in [6.45, 7) is 14.3. The molecule has 110 valence electrons. The molecule has 0 heteroatoms. The first-order valence-corrected chi connectivity index (χ1v) is 8.47. The lowest BCUT2D eigenvalue weighted by Gasteiger charge is -2.19. The minimum Gasteiger partial charge on any atom is -0.0654 e. The molecule has 0 spiro atoms. The summed E-state index contributed by atoms with van der Waals surface area (Å²) in [6.07, 6.45) is 11.4. The zero-order valence-corrected chi connectivity index (χ0v) is 14.0. The van der Waals surface area contributed by atoms with Crippen LogP contribution in [0.5, 0.6) is 0 Å². The van der Waals surface area contributed by atoms with Crippen LogP contribution in [-0.2, 0) is 0 Å². The molecular weight excluding hydrogens is 216 g/mol. The van der Waals surface area contributed by atoms with Crippen LogP contribution in [0.1, 0.15) is 92.9 Å². The molecule has 0 aliphatic heterocycles. The molecule has 0 N–H and O–H groups in total. The summed E-state index contributed by atoms with van der Waals surface area (Å²) >= 11 is 0. The Morgan fingerprint density at radius 3 is 1.61 bits per heavy atom. The summed E-state index contributed by atoms with van der Waals surface area (Å²) in [5, 5.41) is 0. The molecule has 0 bridgehead atoms. The van der Waals surface area contributed by atoms with Gasteiger partial charge in [-0.3, -0.25) is 0 Å². The van der Waals surface area contributed by atoms with E-state index >= 15 is 0 Å². The van der Waals surface area contributed by atoms with Crippen LogP contribution in [-0.4, -0.2) is 0 Å². The highest BCUT2D eigenvalue weighted by Gasteiger charge is 2.11. The molecule has 3 atom stereocenters. The summed E-state index contributed by atoms with van der Waals surface area (Å²) in [7, 11) is 0. The van der Waals surface area contributed by atoms with Crippen molar-refractivity contribution < 1.29 is 0 Å². The zero-order chi connectivity index (χ0) is 14.0. The van der Waals surface area contributed by atoms with Crippen molar-refractivity contribution in [2.75, 3.05) is 0 Å². The zero-order valence-electron chi connectivity index (χ0n) is 14.0. The van der Waals surface area contributed by atoms with Gasteiger partial charge in [-0.25, -0.2) is 0 Å². The molecule has 0 fully saturated rings. The highest BCUT2D eigenvalue weighted by Crippen LogP contribution is 2.24. The Morgan fingerprint density at radius 1 is 0.611 bits per heavy atom. The van der Waals surface area contributed by atoms with Gasteiger partial charge in [0.15, 0.2) is 0 Å². The lowest BCUT2D eigenvalue weighted by Crippen LogP contribution is -2.07. The van der Waals surface area contributed by atoms with E-state index in [9.17, 15) is 0 Å². The maximum atomic E-state index is 2.45. The van der Waals surface area contributed by atoms with E-state index in [0.29, 0.717) is 0 Å². The monoisotopic (exact) mass is 254 g/mol. The van der Waals surface area contributed by atoms with Gasteiger partial charge in [-0.1, -0.05) is 92.9 Å². The predicted molar refractivity (Wildman–Crippen MR) is 84.9 cm³/mol. The summed E-state index contributed by atoms with van der Waals surface area (Å²) in [4.78, 5) is 0. The minimum atomic E-state index is 0.852. The number of hydrogen-bond acceptors (Lipinski definition) is 0. The van der Waals surface area contributed by atoms with Crippen LogP contribution in [0.4, 0.5) is 0 Å². The van der Waals surface area contributed by atoms with Crippen molar-refractivity contribution in [3.63, 3.8) is 0 Å². The smallest absolute Gasteiger partial charge is 0.0420 e. The third kappa shape index (κ3) is 9.97. The quantitative estimate of drug-likeness (QED) is 0.360. The van der Waals surface area contributed by atoms with Crippen LogP contribution in [0, 0.1) is 23.7 Å². The Kier molecular flexibility index (Phi) is 10.9. The number of hydrogen-bond donors (Lipinski definition) is 0. The lowest BCUT2D eigenvalue weighted by atomic mass is 9.87. The molecular formula is C18H38. The van der Waals surface area contributed by atoms with Gasteiger partial charge in [-0.15, -0.1) is 0 Å². The van der Waals surface area contributed by atoms with Crippen molar-refractivity contribution in [1.29, 1.82) is 0 Å². The average Bonchev–Trinajstić information content (AvgIpc) is 2.33. The van der Waals surface area contributed by atoms with Crippen LogP contribution >= 0.6 is 0 Å². The molecule has 0 rings (SSSR count). The van der Waals surface area contributed by atoms with Crippen LogP contribution in [0.15, 0.2) is 0 Å². The highest BCUT2D eigenvalue weighted by atomic mass is 14.2.